The van der Waals surface area contributed by atoms with Crippen LogP contribution in [0.2, 0.25) is 0 Å². The van der Waals surface area contributed by atoms with Crippen molar-refractivity contribution in [3.8, 4) is 5.75 Å². The Balaban J connectivity index is 2.27. The van der Waals surface area contributed by atoms with Gasteiger partial charge in [0.15, 0.2) is 9.84 Å². The summed E-state index contributed by atoms with van der Waals surface area (Å²) in [4.78, 5) is 0. The van der Waals surface area contributed by atoms with Gasteiger partial charge in [0.25, 0.3) is 0 Å². The van der Waals surface area contributed by atoms with E-state index in [9.17, 15) is 8.42 Å². The topological polar surface area (TPSA) is 55.4 Å². The number of hydrogen-bond donors (Lipinski definition) is 1. The fourth-order valence-electron chi connectivity index (χ4n) is 2.80. The Morgan fingerprint density at radius 2 is 2.24 bits per heavy atom. The predicted molar refractivity (Wildman–Crippen MR) is 88.5 cm³/mol. The van der Waals surface area contributed by atoms with E-state index in [1.165, 1.54) is 0 Å². The minimum atomic E-state index is -2.88. The number of sulfone groups is 1. The van der Waals surface area contributed by atoms with Crippen LogP contribution in [0.1, 0.15) is 31.4 Å². The molecule has 2 unspecified atom stereocenters. The summed E-state index contributed by atoms with van der Waals surface area (Å²) in [6, 6.07) is 5.92. The average molecular weight is 376 g/mol. The van der Waals surface area contributed by atoms with Gasteiger partial charge >= 0.3 is 0 Å². The van der Waals surface area contributed by atoms with Crippen LogP contribution in [0.25, 0.3) is 0 Å². The van der Waals surface area contributed by atoms with Gasteiger partial charge < -0.3 is 10.1 Å². The highest BCUT2D eigenvalue weighted by atomic mass is 79.9. The molecule has 1 fully saturated rings. The first-order valence-electron chi connectivity index (χ1n) is 7.24. The third-order valence-corrected chi connectivity index (χ3v) is 6.38. The van der Waals surface area contributed by atoms with Crippen LogP contribution in [-0.4, -0.2) is 33.6 Å². The number of benzene rings is 1. The SMILES string of the molecule is CCCNC(c1ccc(OC)cc1Br)C1CCS(=O)(=O)C1. The maximum Gasteiger partial charge on any atom is 0.150 e. The Kier molecular flexibility index (Phi) is 5.68. The summed E-state index contributed by atoms with van der Waals surface area (Å²) < 4.78 is 29.7. The van der Waals surface area contributed by atoms with Crippen molar-refractivity contribution in [1.29, 1.82) is 0 Å². The Morgan fingerprint density at radius 1 is 1.48 bits per heavy atom. The van der Waals surface area contributed by atoms with E-state index >= 15 is 0 Å². The first-order chi connectivity index (χ1) is 9.96. The second-order valence-corrected chi connectivity index (χ2v) is 8.57. The maximum absolute atomic E-state index is 11.8. The van der Waals surface area contributed by atoms with Crippen molar-refractivity contribution in [2.24, 2.45) is 5.92 Å². The summed E-state index contributed by atoms with van der Waals surface area (Å²) in [5.41, 5.74) is 1.10. The van der Waals surface area contributed by atoms with Crippen LogP contribution in [-0.2, 0) is 9.84 Å². The van der Waals surface area contributed by atoms with Crippen molar-refractivity contribution in [1.82, 2.24) is 5.32 Å². The molecule has 21 heavy (non-hydrogen) atoms. The van der Waals surface area contributed by atoms with Gasteiger partial charge in [0.05, 0.1) is 18.6 Å². The molecule has 1 aromatic carbocycles. The third kappa shape index (κ3) is 4.20. The highest BCUT2D eigenvalue weighted by Crippen LogP contribution is 2.36. The van der Waals surface area contributed by atoms with Gasteiger partial charge in [0.1, 0.15) is 5.75 Å². The maximum atomic E-state index is 11.8. The van der Waals surface area contributed by atoms with E-state index in [1.807, 2.05) is 18.2 Å². The van der Waals surface area contributed by atoms with Gasteiger partial charge in [-0.3, -0.25) is 0 Å². The molecule has 2 atom stereocenters. The summed E-state index contributed by atoms with van der Waals surface area (Å²) in [6.45, 7) is 2.98. The summed E-state index contributed by atoms with van der Waals surface area (Å²) in [6.07, 6.45) is 1.74. The Morgan fingerprint density at radius 3 is 2.76 bits per heavy atom. The second kappa shape index (κ2) is 7.11. The van der Waals surface area contributed by atoms with Crippen molar-refractivity contribution in [3.63, 3.8) is 0 Å². The van der Waals surface area contributed by atoms with E-state index in [4.69, 9.17) is 4.74 Å². The molecule has 1 N–H and O–H groups in total. The van der Waals surface area contributed by atoms with E-state index < -0.39 is 9.84 Å². The lowest BCUT2D eigenvalue weighted by Crippen LogP contribution is -2.30. The Hall–Kier alpha value is -0.590. The molecule has 1 aromatic rings. The normalized spacial score (nSPS) is 22.1. The minimum absolute atomic E-state index is 0.0579. The van der Waals surface area contributed by atoms with E-state index in [1.54, 1.807) is 7.11 Å². The average Bonchev–Trinajstić information content (AvgIpc) is 2.80. The molecule has 1 aliphatic heterocycles. The number of nitrogens with one attached hydrogen (secondary N) is 1. The van der Waals surface area contributed by atoms with E-state index in [2.05, 4.69) is 28.2 Å². The van der Waals surface area contributed by atoms with Crippen molar-refractivity contribution >= 4 is 25.8 Å². The van der Waals surface area contributed by atoms with E-state index in [0.717, 1.165) is 35.2 Å². The second-order valence-electron chi connectivity index (χ2n) is 5.48. The van der Waals surface area contributed by atoms with Crippen LogP contribution in [0.4, 0.5) is 0 Å². The van der Waals surface area contributed by atoms with Crippen molar-refractivity contribution in [3.05, 3.63) is 28.2 Å². The zero-order valence-corrected chi connectivity index (χ0v) is 14.8. The fourth-order valence-corrected chi connectivity index (χ4v) is 5.25. The molecule has 0 radical (unpaired) electrons. The quantitative estimate of drug-likeness (QED) is 0.830. The molecule has 0 aliphatic carbocycles. The fraction of sp³-hybridized carbons (Fsp3) is 0.600. The Bertz CT molecular complexity index is 589. The summed E-state index contributed by atoms with van der Waals surface area (Å²) in [5, 5.41) is 3.51. The van der Waals surface area contributed by atoms with Crippen LogP contribution in [0.15, 0.2) is 22.7 Å². The number of halogens is 1. The molecule has 1 aliphatic rings. The molecule has 1 saturated heterocycles. The molecule has 1 heterocycles. The molecular formula is C15H22BrNO3S. The number of methoxy groups -OCH3 is 1. The molecule has 6 heteroatoms. The summed E-state index contributed by atoms with van der Waals surface area (Å²) in [7, 11) is -1.24. The highest BCUT2D eigenvalue weighted by molar-refractivity contribution is 9.10. The number of hydrogen-bond acceptors (Lipinski definition) is 4. The number of ether oxygens (including phenoxy) is 1. The van der Waals surface area contributed by atoms with Gasteiger partial charge in [-0.1, -0.05) is 28.9 Å². The summed E-state index contributed by atoms with van der Waals surface area (Å²) >= 11 is 3.59. The third-order valence-electron chi connectivity index (χ3n) is 3.90. The molecule has 0 bridgehead atoms. The van der Waals surface area contributed by atoms with Gasteiger partial charge in [-0.25, -0.2) is 8.42 Å². The first kappa shape index (κ1) is 16.8. The monoisotopic (exact) mass is 375 g/mol. The van der Waals surface area contributed by atoms with Gasteiger partial charge in [-0.05, 0) is 43.0 Å². The lowest BCUT2D eigenvalue weighted by Gasteiger charge is -2.25. The molecule has 4 nitrogen and oxygen atoms in total. The van der Waals surface area contributed by atoms with Crippen molar-refractivity contribution < 1.29 is 13.2 Å². The molecule has 2 rings (SSSR count). The molecular weight excluding hydrogens is 354 g/mol. The molecule has 0 amide bonds. The van der Waals surface area contributed by atoms with Crippen LogP contribution in [0.3, 0.4) is 0 Å². The molecule has 0 saturated carbocycles. The molecule has 118 valence electrons. The van der Waals surface area contributed by atoms with Gasteiger partial charge in [0.2, 0.25) is 0 Å². The van der Waals surface area contributed by atoms with Crippen molar-refractivity contribution in [2.75, 3.05) is 25.2 Å². The molecule has 0 spiro atoms. The lowest BCUT2D eigenvalue weighted by atomic mass is 9.92. The van der Waals surface area contributed by atoms with Crippen molar-refractivity contribution in [2.45, 2.75) is 25.8 Å². The van der Waals surface area contributed by atoms with Gasteiger partial charge in [0, 0.05) is 10.5 Å². The summed E-state index contributed by atoms with van der Waals surface area (Å²) in [5.74, 6) is 1.49. The van der Waals surface area contributed by atoms with Gasteiger partial charge in [-0.15, -0.1) is 0 Å². The van der Waals surface area contributed by atoms with Gasteiger partial charge in [-0.2, -0.15) is 0 Å². The zero-order valence-electron chi connectivity index (χ0n) is 12.4. The van der Waals surface area contributed by atoms with Crippen LogP contribution in [0, 0.1) is 5.92 Å². The van der Waals surface area contributed by atoms with Crippen LogP contribution < -0.4 is 10.1 Å². The van der Waals surface area contributed by atoms with E-state index in [0.29, 0.717) is 5.75 Å². The number of rotatable bonds is 6. The highest BCUT2D eigenvalue weighted by Gasteiger charge is 2.34. The van der Waals surface area contributed by atoms with E-state index in [-0.39, 0.29) is 17.7 Å². The smallest absolute Gasteiger partial charge is 0.150 e. The van der Waals surface area contributed by atoms with Crippen LogP contribution in [0.5, 0.6) is 5.75 Å². The predicted octanol–water partition coefficient (Wildman–Crippen LogP) is 2.93. The molecule has 0 aromatic heterocycles. The first-order valence-corrected chi connectivity index (χ1v) is 9.85. The lowest BCUT2D eigenvalue weighted by molar-refractivity contribution is 0.389. The van der Waals surface area contributed by atoms with Crippen LogP contribution >= 0.6 is 15.9 Å². The minimum Gasteiger partial charge on any atom is -0.497 e. The Labute approximate surface area is 135 Å². The largest absolute Gasteiger partial charge is 0.497 e. The zero-order chi connectivity index (χ0) is 15.5. The standard InChI is InChI=1S/C15H22BrNO3S/c1-3-7-17-15(11-6-8-21(18,19)10-11)13-5-4-12(20-2)9-14(13)16/h4-5,9,11,15,17H,3,6-8,10H2,1-2H3.